The van der Waals surface area contributed by atoms with E-state index >= 15 is 0 Å². The van der Waals surface area contributed by atoms with E-state index in [4.69, 9.17) is 5.11 Å². The molecule has 0 bridgehead atoms. The Bertz CT molecular complexity index is 577. The molecule has 2 rings (SSSR count). The van der Waals surface area contributed by atoms with Crippen LogP contribution in [0.4, 0.5) is 13.2 Å². The van der Waals surface area contributed by atoms with Gasteiger partial charge in [0.2, 0.25) is 0 Å². The summed E-state index contributed by atoms with van der Waals surface area (Å²) in [5.41, 5.74) is 0.135. The number of hydrogen-bond donors (Lipinski definition) is 2. The van der Waals surface area contributed by atoms with Gasteiger partial charge in [0.25, 0.3) is 0 Å². The minimum Gasteiger partial charge on any atom is -0.395 e. The molecular weight excluding hydrogens is 299 g/mol. The highest BCUT2D eigenvalue weighted by atomic mass is 32.1. The molecule has 6 heteroatoms. The zero-order valence-corrected chi connectivity index (χ0v) is 12.3. The second-order valence-corrected chi connectivity index (χ2v) is 5.97. The van der Waals surface area contributed by atoms with Crippen molar-refractivity contribution in [1.82, 2.24) is 5.32 Å². The lowest BCUT2D eigenvalue weighted by molar-refractivity contribution is -0.137. The number of aliphatic hydroxyl groups excluding tert-OH is 1. The number of thiophene rings is 1. The third kappa shape index (κ3) is 4.30. The van der Waals surface area contributed by atoms with Gasteiger partial charge in [-0.1, -0.05) is 12.1 Å². The van der Waals surface area contributed by atoms with Crippen LogP contribution in [-0.2, 0) is 12.7 Å². The van der Waals surface area contributed by atoms with E-state index in [0.29, 0.717) is 6.54 Å². The lowest BCUT2D eigenvalue weighted by atomic mass is 10.1. The van der Waals surface area contributed by atoms with E-state index in [1.54, 1.807) is 0 Å². The first kappa shape index (κ1) is 16.0. The van der Waals surface area contributed by atoms with Crippen molar-refractivity contribution in [3.8, 4) is 10.4 Å². The largest absolute Gasteiger partial charge is 0.416 e. The number of benzene rings is 1. The van der Waals surface area contributed by atoms with E-state index in [1.807, 2.05) is 19.1 Å². The van der Waals surface area contributed by atoms with Crippen molar-refractivity contribution in [2.75, 3.05) is 6.61 Å². The number of rotatable bonds is 5. The Balaban J connectivity index is 2.07. The minimum absolute atomic E-state index is 0.0154. The van der Waals surface area contributed by atoms with E-state index < -0.39 is 11.7 Å². The first-order valence-electron chi connectivity index (χ1n) is 6.50. The molecular formula is C15H16F3NOS. The first-order valence-corrected chi connectivity index (χ1v) is 7.32. The summed E-state index contributed by atoms with van der Waals surface area (Å²) in [7, 11) is 0. The maximum Gasteiger partial charge on any atom is 0.416 e. The normalized spacial score (nSPS) is 13.4. The Kier molecular flexibility index (Phi) is 5.03. The topological polar surface area (TPSA) is 32.3 Å². The van der Waals surface area contributed by atoms with Gasteiger partial charge >= 0.3 is 6.18 Å². The summed E-state index contributed by atoms with van der Waals surface area (Å²) < 4.78 is 37.5. The van der Waals surface area contributed by atoms with Gasteiger partial charge in [-0.15, -0.1) is 11.3 Å². The number of halogens is 3. The summed E-state index contributed by atoms with van der Waals surface area (Å²) >= 11 is 1.53. The molecule has 0 radical (unpaired) electrons. The summed E-state index contributed by atoms with van der Waals surface area (Å²) in [5, 5.41) is 12.1. The second-order valence-electron chi connectivity index (χ2n) is 4.81. The molecule has 114 valence electrons. The summed E-state index contributed by atoms with van der Waals surface area (Å²) in [6.45, 7) is 2.58. The van der Waals surface area contributed by atoms with Crippen LogP contribution in [0.2, 0.25) is 0 Å². The molecule has 0 aliphatic carbocycles. The molecule has 1 aromatic heterocycles. The van der Waals surface area contributed by atoms with Crippen LogP contribution in [0, 0.1) is 0 Å². The van der Waals surface area contributed by atoms with Gasteiger partial charge in [0.15, 0.2) is 0 Å². The Labute approximate surface area is 125 Å². The van der Waals surface area contributed by atoms with Crippen LogP contribution in [0.5, 0.6) is 0 Å². The zero-order chi connectivity index (χ0) is 15.5. The van der Waals surface area contributed by atoms with Gasteiger partial charge in [0.1, 0.15) is 0 Å². The van der Waals surface area contributed by atoms with Gasteiger partial charge in [-0.25, -0.2) is 0 Å². The fraction of sp³-hybridized carbons (Fsp3) is 0.333. The molecule has 0 fully saturated rings. The summed E-state index contributed by atoms with van der Waals surface area (Å²) in [4.78, 5) is 2.00. The molecule has 1 aromatic carbocycles. The second kappa shape index (κ2) is 6.60. The smallest absolute Gasteiger partial charge is 0.395 e. The van der Waals surface area contributed by atoms with Crippen LogP contribution in [0.15, 0.2) is 36.4 Å². The van der Waals surface area contributed by atoms with Gasteiger partial charge < -0.3 is 10.4 Å². The number of aliphatic hydroxyl groups is 1. The first-order chi connectivity index (χ1) is 9.90. The standard InChI is InChI=1S/C15H16F3NOS/c1-10(9-20)19-8-13-6-7-14(21-13)11-2-4-12(5-3-11)15(16,17)18/h2-7,10,19-20H,8-9H2,1H3/t10-/m1/s1. The minimum atomic E-state index is -4.30. The van der Waals surface area contributed by atoms with Gasteiger partial charge in [0.05, 0.1) is 12.2 Å². The van der Waals surface area contributed by atoms with Crippen LogP contribution in [0.3, 0.4) is 0 Å². The average Bonchev–Trinajstić information content (AvgIpc) is 2.93. The maximum atomic E-state index is 12.5. The molecule has 2 aromatic rings. The van der Waals surface area contributed by atoms with E-state index in [9.17, 15) is 13.2 Å². The van der Waals surface area contributed by atoms with E-state index in [1.165, 1.54) is 23.5 Å². The van der Waals surface area contributed by atoms with Crippen molar-refractivity contribution in [1.29, 1.82) is 0 Å². The molecule has 0 saturated carbocycles. The predicted octanol–water partition coefficient (Wildman–Crippen LogP) is 3.90. The monoisotopic (exact) mass is 315 g/mol. The van der Waals surface area contributed by atoms with Gasteiger partial charge in [0, 0.05) is 22.3 Å². The van der Waals surface area contributed by atoms with Crippen molar-refractivity contribution < 1.29 is 18.3 Å². The molecule has 2 nitrogen and oxygen atoms in total. The molecule has 1 atom stereocenters. The van der Waals surface area contributed by atoms with Crippen molar-refractivity contribution in [2.45, 2.75) is 25.7 Å². The predicted molar refractivity (Wildman–Crippen MR) is 78.1 cm³/mol. The van der Waals surface area contributed by atoms with Crippen LogP contribution < -0.4 is 5.32 Å². The van der Waals surface area contributed by atoms with Crippen LogP contribution in [0.1, 0.15) is 17.4 Å². The Morgan fingerprint density at radius 2 is 1.81 bits per heavy atom. The van der Waals surface area contributed by atoms with E-state index in [0.717, 1.165) is 27.5 Å². The molecule has 0 amide bonds. The Morgan fingerprint density at radius 1 is 1.14 bits per heavy atom. The molecule has 0 saturated heterocycles. The molecule has 2 N–H and O–H groups in total. The average molecular weight is 315 g/mol. The highest BCUT2D eigenvalue weighted by Crippen LogP contribution is 2.33. The highest BCUT2D eigenvalue weighted by molar-refractivity contribution is 7.15. The SMILES string of the molecule is C[C@H](CO)NCc1ccc(-c2ccc(C(F)(F)F)cc2)s1. The fourth-order valence-electron chi connectivity index (χ4n) is 1.79. The Hall–Kier alpha value is -1.37. The molecule has 21 heavy (non-hydrogen) atoms. The third-order valence-corrected chi connectivity index (χ3v) is 4.19. The van der Waals surface area contributed by atoms with E-state index in [-0.39, 0.29) is 12.6 Å². The molecule has 0 aliphatic heterocycles. The lowest BCUT2D eigenvalue weighted by Gasteiger charge is -2.08. The number of alkyl halides is 3. The van der Waals surface area contributed by atoms with Crippen molar-refractivity contribution >= 4 is 11.3 Å². The molecule has 0 unspecified atom stereocenters. The zero-order valence-electron chi connectivity index (χ0n) is 11.4. The lowest BCUT2D eigenvalue weighted by Crippen LogP contribution is -2.28. The van der Waals surface area contributed by atoms with Crippen molar-refractivity contribution in [3.63, 3.8) is 0 Å². The van der Waals surface area contributed by atoms with Gasteiger partial charge in [-0.05, 0) is 36.8 Å². The number of hydrogen-bond acceptors (Lipinski definition) is 3. The summed E-state index contributed by atoms with van der Waals surface area (Å²) in [5.74, 6) is 0. The van der Waals surface area contributed by atoms with Gasteiger partial charge in [-0.3, -0.25) is 0 Å². The molecule has 0 spiro atoms. The highest BCUT2D eigenvalue weighted by Gasteiger charge is 2.29. The molecule has 0 aliphatic rings. The van der Waals surface area contributed by atoms with Crippen LogP contribution >= 0.6 is 11.3 Å². The fourth-order valence-corrected chi connectivity index (χ4v) is 2.75. The van der Waals surface area contributed by atoms with Crippen molar-refractivity contribution in [3.05, 3.63) is 46.8 Å². The van der Waals surface area contributed by atoms with Crippen LogP contribution in [0.25, 0.3) is 10.4 Å². The number of nitrogens with one attached hydrogen (secondary N) is 1. The summed E-state index contributed by atoms with van der Waals surface area (Å²) in [6.07, 6.45) is -4.30. The quantitative estimate of drug-likeness (QED) is 0.877. The van der Waals surface area contributed by atoms with Gasteiger partial charge in [-0.2, -0.15) is 13.2 Å². The van der Waals surface area contributed by atoms with E-state index in [2.05, 4.69) is 5.32 Å². The van der Waals surface area contributed by atoms with Crippen LogP contribution in [-0.4, -0.2) is 17.8 Å². The Morgan fingerprint density at radius 3 is 2.38 bits per heavy atom. The molecule has 1 heterocycles. The third-order valence-electron chi connectivity index (χ3n) is 3.06. The maximum absolute atomic E-state index is 12.5. The van der Waals surface area contributed by atoms with Crippen molar-refractivity contribution in [2.24, 2.45) is 0 Å². The summed E-state index contributed by atoms with van der Waals surface area (Å²) in [6, 6.07) is 9.02.